The minimum atomic E-state index is -1.03. The van der Waals surface area contributed by atoms with E-state index in [-0.39, 0.29) is 11.5 Å². The largest absolute Gasteiger partial charge is 0.478 e. The molecule has 1 aromatic carbocycles. The summed E-state index contributed by atoms with van der Waals surface area (Å²) < 4.78 is 1.53. The zero-order valence-corrected chi connectivity index (χ0v) is 11.2. The van der Waals surface area contributed by atoms with Gasteiger partial charge in [0.25, 0.3) is 0 Å². The summed E-state index contributed by atoms with van der Waals surface area (Å²) in [7, 11) is 0. The van der Waals surface area contributed by atoms with Crippen molar-refractivity contribution in [2.24, 2.45) is 0 Å². The van der Waals surface area contributed by atoms with Gasteiger partial charge >= 0.3 is 5.97 Å². The summed E-state index contributed by atoms with van der Waals surface area (Å²) in [5, 5.41) is 15.7. The van der Waals surface area contributed by atoms with Crippen LogP contribution in [0.25, 0.3) is 0 Å². The Labute approximate surface area is 116 Å². The standard InChI is InChI=1S/C14H15N3O3/c1-9-4-5-11(14(19)20)8-12(9)16-13(18)10(2)17-7-3-6-15-17/h3-8,10H,1-2H3,(H,16,18)(H,19,20). The first-order chi connectivity index (χ1) is 9.49. The van der Waals surface area contributed by atoms with Gasteiger partial charge in [-0.3, -0.25) is 9.48 Å². The lowest BCUT2D eigenvalue weighted by Crippen LogP contribution is -2.24. The smallest absolute Gasteiger partial charge is 0.335 e. The van der Waals surface area contributed by atoms with E-state index in [4.69, 9.17) is 5.11 Å². The highest BCUT2D eigenvalue weighted by Gasteiger charge is 2.16. The molecule has 2 aromatic rings. The van der Waals surface area contributed by atoms with Gasteiger partial charge < -0.3 is 10.4 Å². The van der Waals surface area contributed by atoms with Gasteiger partial charge in [0.1, 0.15) is 6.04 Å². The summed E-state index contributed by atoms with van der Waals surface area (Å²) in [6.45, 7) is 3.53. The van der Waals surface area contributed by atoms with Crippen LogP contribution in [0.15, 0.2) is 36.7 Å². The number of amides is 1. The van der Waals surface area contributed by atoms with E-state index in [2.05, 4.69) is 10.4 Å². The highest BCUT2D eigenvalue weighted by atomic mass is 16.4. The van der Waals surface area contributed by atoms with Crippen molar-refractivity contribution in [3.05, 3.63) is 47.8 Å². The summed E-state index contributed by atoms with van der Waals surface area (Å²) in [5.41, 5.74) is 1.43. The van der Waals surface area contributed by atoms with Gasteiger partial charge in [-0.2, -0.15) is 5.10 Å². The van der Waals surface area contributed by atoms with Crippen LogP contribution in [-0.2, 0) is 4.79 Å². The second kappa shape index (κ2) is 5.56. The van der Waals surface area contributed by atoms with Crippen LogP contribution in [0.1, 0.15) is 28.9 Å². The maximum Gasteiger partial charge on any atom is 0.335 e. The number of nitrogens with zero attached hydrogens (tertiary/aromatic N) is 2. The van der Waals surface area contributed by atoms with Crippen molar-refractivity contribution in [1.29, 1.82) is 0 Å². The molecule has 1 amide bonds. The van der Waals surface area contributed by atoms with Crippen LogP contribution < -0.4 is 5.32 Å². The lowest BCUT2D eigenvalue weighted by Gasteiger charge is -2.14. The molecule has 104 valence electrons. The minimum Gasteiger partial charge on any atom is -0.478 e. The molecule has 0 aliphatic rings. The number of aromatic nitrogens is 2. The van der Waals surface area contributed by atoms with E-state index in [1.54, 1.807) is 38.4 Å². The normalized spacial score (nSPS) is 11.9. The fraction of sp³-hybridized carbons (Fsp3) is 0.214. The number of aryl methyl sites for hydroxylation is 1. The van der Waals surface area contributed by atoms with Gasteiger partial charge in [0.2, 0.25) is 5.91 Å². The Morgan fingerprint density at radius 3 is 2.75 bits per heavy atom. The first-order valence-electron chi connectivity index (χ1n) is 6.13. The molecular formula is C14H15N3O3. The van der Waals surface area contributed by atoms with Crippen molar-refractivity contribution in [2.75, 3.05) is 5.32 Å². The van der Waals surface area contributed by atoms with Gasteiger partial charge in [-0.15, -0.1) is 0 Å². The quantitative estimate of drug-likeness (QED) is 0.893. The minimum absolute atomic E-state index is 0.137. The number of anilines is 1. The summed E-state index contributed by atoms with van der Waals surface area (Å²) >= 11 is 0. The van der Waals surface area contributed by atoms with Crippen LogP contribution in [0.5, 0.6) is 0 Å². The fourth-order valence-corrected chi connectivity index (χ4v) is 1.76. The average Bonchev–Trinajstić information content (AvgIpc) is 2.94. The van der Waals surface area contributed by atoms with E-state index in [1.165, 1.54) is 16.8 Å². The van der Waals surface area contributed by atoms with Gasteiger partial charge in [0, 0.05) is 18.1 Å². The first kappa shape index (κ1) is 13.8. The van der Waals surface area contributed by atoms with Crippen molar-refractivity contribution in [3.63, 3.8) is 0 Å². The maximum atomic E-state index is 12.1. The lowest BCUT2D eigenvalue weighted by atomic mass is 10.1. The molecule has 0 aliphatic carbocycles. The predicted octanol–water partition coefficient (Wildman–Crippen LogP) is 2.09. The Balaban J connectivity index is 2.19. The van der Waals surface area contributed by atoms with Gasteiger partial charge in [0.05, 0.1) is 5.56 Å². The molecule has 1 aromatic heterocycles. The fourth-order valence-electron chi connectivity index (χ4n) is 1.76. The molecule has 2 N–H and O–H groups in total. The number of carboxylic acid groups (broad SMARTS) is 1. The third-order valence-corrected chi connectivity index (χ3v) is 3.04. The Kier molecular flexibility index (Phi) is 3.84. The van der Waals surface area contributed by atoms with Crippen LogP contribution in [0.3, 0.4) is 0 Å². The van der Waals surface area contributed by atoms with Crippen LogP contribution in [0.4, 0.5) is 5.69 Å². The summed E-state index contributed by atoms with van der Waals surface area (Å²) in [6.07, 6.45) is 3.30. The van der Waals surface area contributed by atoms with E-state index in [9.17, 15) is 9.59 Å². The van der Waals surface area contributed by atoms with Crippen LogP contribution >= 0.6 is 0 Å². The second-order valence-electron chi connectivity index (χ2n) is 4.49. The number of rotatable bonds is 4. The molecule has 6 nitrogen and oxygen atoms in total. The number of nitrogens with one attached hydrogen (secondary N) is 1. The van der Waals surface area contributed by atoms with Crippen molar-refractivity contribution >= 4 is 17.6 Å². The number of benzene rings is 1. The second-order valence-corrected chi connectivity index (χ2v) is 4.49. The molecule has 0 saturated heterocycles. The van der Waals surface area contributed by atoms with Crippen LogP contribution in [0, 0.1) is 6.92 Å². The zero-order valence-electron chi connectivity index (χ0n) is 11.2. The molecule has 1 atom stereocenters. The number of carboxylic acids is 1. The van der Waals surface area contributed by atoms with Crippen molar-refractivity contribution in [3.8, 4) is 0 Å². The average molecular weight is 273 g/mol. The van der Waals surface area contributed by atoms with Crippen LogP contribution in [-0.4, -0.2) is 26.8 Å². The Morgan fingerprint density at radius 1 is 1.40 bits per heavy atom. The van der Waals surface area contributed by atoms with Gasteiger partial charge in [-0.05, 0) is 37.6 Å². The van der Waals surface area contributed by atoms with E-state index in [0.29, 0.717) is 5.69 Å². The zero-order chi connectivity index (χ0) is 14.7. The molecule has 0 fully saturated rings. The van der Waals surface area contributed by atoms with Crippen molar-refractivity contribution in [2.45, 2.75) is 19.9 Å². The third-order valence-electron chi connectivity index (χ3n) is 3.04. The number of carbonyl (C=O) groups excluding carboxylic acids is 1. The van der Waals surface area contributed by atoms with Crippen molar-refractivity contribution in [1.82, 2.24) is 9.78 Å². The Hall–Kier alpha value is -2.63. The molecule has 0 saturated carbocycles. The molecule has 1 heterocycles. The Morgan fingerprint density at radius 2 is 2.15 bits per heavy atom. The first-order valence-corrected chi connectivity index (χ1v) is 6.13. The summed E-state index contributed by atoms with van der Waals surface area (Å²) in [5.74, 6) is -1.28. The van der Waals surface area contributed by atoms with Crippen molar-refractivity contribution < 1.29 is 14.7 Å². The molecule has 0 bridgehead atoms. The van der Waals surface area contributed by atoms with E-state index >= 15 is 0 Å². The molecule has 0 radical (unpaired) electrons. The molecule has 0 aliphatic heterocycles. The van der Waals surface area contributed by atoms with Crippen LogP contribution in [0.2, 0.25) is 0 Å². The number of aromatic carboxylic acids is 1. The highest BCUT2D eigenvalue weighted by molar-refractivity contribution is 5.96. The van der Waals surface area contributed by atoms with E-state index in [1.807, 2.05) is 0 Å². The highest BCUT2D eigenvalue weighted by Crippen LogP contribution is 2.18. The molecule has 0 spiro atoms. The Bertz CT molecular complexity index is 635. The molecule has 6 heteroatoms. The lowest BCUT2D eigenvalue weighted by molar-refractivity contribution is -0.119. The van der Waals surface area contributed by atoms with Gasteiger partial charge in [0.15, 0.2) is 0 Å². The summed E-state index contributed by atoms with van der Waals surface area (Å²) in [4.78, 5) is 23.1. The predicted molar refractivity (Wildman–Crippen MR) is 73.7 cm³/mol. The van der Waals surface area contributed by atoms with E-state index < -0.39 is 12.0 Å². The van der Waals surface area contributed by atoms with E-state index in [0.717, 1.165) is 5.56 Å². The monoisotopic (exact) mass is 273 g/mol. The third kappa shape index (κ3) is 2.85. The SMILES string of the molecule is Cc1ccc(C(=O)O)cc1NC(=O)C(C)n1cccn1. The molecular weight excluding hydrogens is 258 g/mol. The number of hydrogen-bond donors (Lipinski definition) is 2. The topological polar surface area (TPSA) is 84.2 Å². The molecule has 2 rings (SSSR count). The van der Waals surface area contributed by atoms with Gasteiger partial charge in [-0.1, -0.05) is 6.07 Å². The number of hydrogen-bond acceptors (Lipinski definition) is 3. The molecule has 1 unspecified atom stereocenters. The molecule has 20 heavy (non-hydrogen) atoms. The number of carbonyl (C=O) groups is 2. The van der Waals surface area contributed by atoms with Gasteiger partial charge in [-0.25, -0.2) is 4.79 Å². The summed E-state index contributed by atoms with van der Waals surface area (Å²) in [6, 6.07) is 5.88. The maximum absolute atomic E-state index is 12.1.